The number of nitrogens with zero attached hydrogens (tertiary/aromatic N) is 4. The molecule has 2 N–H and O–H groups in total. The highest BCUT2D eigenvalue weighted by molar-refractivity contribution is 14.0. The van der Waals surface area contributed by atoms with Crippen LogP contribution in [-0.2, 0) is 13.6 Å². The van der Waals surface area contributed by atoms with Crippen molar-refractivity contribution in [2.75, 3.05) is 27.7 Å². The normalized spacial score (nSPS) is 17.6. The van der Waals surface area contributed by atoms with Crippen molar-refractivity contribution < 1.29 is 0 Å². The number of aryl methyl sites for hydroxylation is 2. The molecule has 6 nitrogen and oxygen atoms in total. The number of likely N-dealkylation sites (N-methyl/N-ethyl adjacent to an activating group) is 1. The zero-order chi connectivity index (χ0) is 18.4. The molecule has 1 aromatic heterocycles. The predicted molar refractivity (Wildman–Crippen MR) is 120 cm³/mol. The van der Waals surface area contributed by atoms with Gasteiger partial charge in [-0.05, 0) is 40.8 Å². The largest absolute Gasteiger partial charge is 0.355 e. The zero-order valence-electron chi connectivity index (χ0n) is 17.4. The summed E-state index contributed by atoms with van der Waals surface area (Å²) in [7, 11) is 8.26. The molecule has 150 valence electrons. The molecule has 1 aliphatic carbocycles. The number of aromatic nitrogens is 2. The van der Waals surface area contributed by atoms with Gasteiger partial charge in [0.15, 0.2) is 5.96 Å². The minimum Gasteiger partial charge on any atom is -0.355 e. The molecule has 0 atom stereocenters. The number of hydrogen-bond donors (Lipinski definition) is 2. The third kappa shape index (κ3) is 5.58. The van der Waals surface area contributed by atoms with E-state index in [1.807, 2.05) is 18.8 Å². The Morgan fingerprint density at radius 1 is 1.15 bits per heavy atom. The Morgan fingerprint density at radius 3 is 2.23 bits per heavy atom. The Hall–Kier alpha value is -0.830. The van der Waals surface area contributed by atoms with E-state index in [0.717, 1.165) is 24.7 Å². The molecule has 0 aromatic carbocycles. The molecule has 0 radical (unpaired) electrons. The molecule has 0 spiro atoms. The fraction of sp³-hybridized carbons (Fsp3) is 0.789. The van der Waals surface area contributed by atoms with Crippen molar-refractivity contribution in [3.8, 4) is 0 Å². The van der Waals surface area contributed by atoms with Gasteiger partial charge in [-0.3, -0.25) is 9.67 Å². The van der Waals surface area contributed by atoms with Crippen LogP contribution in [0.1, 0.15) is 55.5 Å². The van der Waals surface area contributed by atoms with Gasteiger partial charge in [-0.1, -0.05) is 25.7 Å². The molecule has 2 rings (SSSR count). The fourth-order valence-corrected chi connectivity index (χ4v) is 3.88. The highest BCUT2D eigenvalue weighted by Gasteiger charge is 2.33. The molecule has 1 heterocycles. The average Bonchev–Trinajstić information content (AvgIpc) is 2.76. The van der Waals surface area contributed by atoms with Gasteiger partial charge in [-0.15, -0.1) is 24.0 Å². The number of hydrogen-bond acceptors (Lipinski definition) is 3. The van der Waals surface area contributed by atoms with Crippen LogP contribution >= 0.6 is 24.0 Å². The van der Waals surface area contributed by atoms with Gasteiger partial charge in [0.05, 0.1) is 5.69 Å². The topological polar surface area (TPSA) is 57.5 Å². The lowest BCUT2D eigenvalue weighted by Gasteiger charge is -2.40. The lowest BCUT2D eigenvalue weighted by atomic mass is 9.89. The molecule has 0 amide bonds. The van der Waals surface area contributed by atoms with Gasteiger partial charge in [0, 0.05) is 44.0 Å². The fourth-order valence-electron chi connectivity index (χ4n) is 3.88. The molecule has 0 bridgehead atoms. The van der Waals surface area contributed by atoms with Crippen molar-refractivity contribution in [3.05, 3.63) is 17.0 Å². The van der Waals surface area contributed by atoms with Crippen molar-refractivity contribution in [2.24, 2.45) is 12.0 Å². The van der Waals surface area contributed by atoms with Gasteiger partial charge in [-0.2, -0.15) is 5.10 Å². The van der Waals surface area contributed by atoms with E-state index >= 15 is 0 Å². The highest BCUT2D eigenvalue weighted by atomic mass is 127. The first-order valence-electron chi connectivity index (χ1n) is 9.50. The van der Waals surface area contributed by atoms with Crippen LogP contribution in [0.3, 0.4) is 0 Å². The Kier molecular flexibility index (Phi) is 9.36. The number of rotatable bonds is 5. The summed E-state index contributed by atoms with van der Waals surface area (Å²) in [5, 5.41) is 11.5. The minimum atomic E-state index is 0. The second kappa shape index (κ2) is 10.5. The molecular weight excluding hydrogens is 439 g/mol. The Morgan fingerprint density at radius 2 is 1.77 bits per heavy atom. The van der Waals surface area contributed by atoms with Gasteiger partial charge in [0.2, 0.25) is 0 Å². The van der Waals surface area contributed by atoms with Crippen LogP contribution in [0.15, 0.2) is 4.99 Å². The summed E-state index contributed by atoms with van der Waals surface area (Å²) < 4.78 is 1.94. The molecule has 1 aromatic rings. The predicted octanol–water partition coefficient (Wildman–Crippen LogP) is 2.97. The summed E-state index contributed by atoms with van der Waals surface area (Å²) >= 11 is 0. The average molecular weight is 476 g/mol. The van der Waals surface area contributed by atoms with Crippen LogP contribution < -0.4 is 10.6 Å². The van der Waals surface area contributed by atoms with E-state index < -0.39 is 0 Å². The molecular formula is C19H37IN6. The zero-order valence-corrected chi connectivity index (χ0v) is 19.7. The maximum Gasteiger partial charge on any atom is 0.191 e. The second-order valence-corrected chi connectivity index (χ2v) is 7.59. The summed E-state index contributed by atoms with van der Waals surface area (Å²) in [5.41, 5.74) is 3.77. The quantitative estimate of drug-likeness (QED) is 0.297. The van der Waals surface area contributed by atoms with E-state index in [0.29, 0.717) is 0 Å². The van der Waals surface area contributed by atoms with Gasteiger partial charge in [-0.25, -0.2) is 0 Å². The van der Waals surface area contributed by atoms with Crippen molar-refractivity contribution in [1.29, 1.82) is 0 Å². The van der Waals surface area contributed by atoms with Crippen LogP contribution in [0.5, 0.6) is 0 Å². The van der Waals surface area contributed by atoms with E-state index in [9.17, 15) is 0 Å². The van der Waals surface area contributed by atoms with Gasteiger partial charge in [0.1, 0.15) is 0 Å². The first kappa shape index (κ1) is 23.2. The van der Waals surface area contributed by atoms with Crippen molar-refractivity contribution in [1.82, 2.24) is 25.3 Å². The SMILES string of the molecule is CN=C(NCc1c(C)nn(C)c1C)NCC1(N(C)C)CCCCCC1.I. The molecule has 0 saturated heterocycles. The molecule has 7 heteroatoms. The van der Waals surface area contributed by atoms with E-state index in [4.69, 9.17) is 0 Å². The number of guanidine groups is 1. The van der Waals surface area contributed by atoms with Crippen LogP contribution in [0.25, 0.3) is 0 Å². The number of halogens is 1. The number of aliphatic imine (C=N–C) groups is 1. The summed E-state index contributed by atoms with van der Waals surface area (Å²) in [6.07, 6.45) is 7.87. The summed E-state index contributed by atoms with van der Waals surface area (Å²) in [5.74, 6) is 0.869. The van der Waals surface area contributed by atoms with E-state index in [1.54, 1.807) is 0 Å². The standard InChI is InChI=1S/C19H36N6.HI/c1-15-17(16(2)25(6)23-15)13-21-18(20-3)22-14-19(24(4)5)11-9-7-8-10-12-19;/h7-14H2,1-6H3,(H2,20,21,22);1H. The van der Waals surface area contributed by atoms with Crippen LogP contribution in [0, 0.1) is 13.8 Å². The van der Waals surface area contributed by atoms with Gasteiger partial charge >= 0.3 is 0 Å². The monoisotopic (exact) mass is 476 g/mol. The maximum absolute atomic E-state index is 4.49. The molecule has 26 heavy (non-hydrogen) atoms. The number of nitrogens with one attached hydrogen (secondary N) is 2. The lowest BCUT2D eigenvalue weighted by Crippen LogP contribution is -2.54. The first-order chi connectivity index (χ1) is 11.9. The van der Waals surface area contributed by atoms with Gasteiger partial charge in [0.25, 0.3) is 0 Å². The molecule has 1 fully saturated rings. The van der Waals surface area contributed by atoms with Crippen LogP contribution in [0.2, 0.25) is 0 Å². The third-order valence-corrected chi connectivity index (χ3v) is 5.88. The van der Waals surface area contributed by atoms with E-state index in [2.05, 4.69) is 53.6 Å². The smallest absolute Gasteiger partial charge is 0.191 e. The Bertz CT molecular complexity index is 585. The lowest BCUT2D eigenvalue weighted by molar-refractivity contribution is 0.132. The molecule has 0 aliphatic heterocycles. The van der Waals surface area contributed by atoms with Crippen LogP contribution in [0.4, 0.5) is 0 Å². The van der Waals surface area contributed by atoms with Gasteiger partial charge < -0.3 is 15.5 Å². The minimum absolute atomic E-state index is 0. The van der Waals surface area contributed by atoms with E-state index in [1.165, 1.54) is 49.8 Å². The van der Waals surface area contributed by atoms with Crippen molar-refractivity contribution in [2.45, 2.75) is 64.5 Å². The first-order valence-corrected chi connectivity index (χ1v) is 9.50. The summed E-state index contributed by atoms with van der Waals surface area (Å²) in [6.45, 7) is 5.86. The van der Waals surface area contributed by atoms with Crippen molar-refractivity contribution in [3.63, 3.8) is 0 Å². The van der Waals surface area contributed by atoms with Crippen LogP contribution in [-0.4, -0.2) is 53.9 Å². The Labute approximate surface area is 176 Å². The summed E-state index contributed by atoms with van der Waals surface area (Å²) in [4.78, 5) is 6.83. The second-order valence-electron chi connectivity index (χ2n) is 7.59. The van der Waals surface area contributed by atoms with E-state index in [-0.39, 0.29) is 29.5 Å². The molecule has 0 unspecified atom stereocenters. The summed E-state index contributed by atoms with van der Waals surface area (Å²) in [6, 6.07) is 0. The Balaban J connectivity index is 0.00000338. The highest BCUT2D eigenvalue weighted by Crippen LogP contribution is 2.30. The molecule has 1 aliphatic rings. The third-order valence-electron chi connectivity index (χ3n) is 5.88. The molecule has 1 saturated carbocycles. The maximum atomic E-state index is 4.49. The van der Waals surface area contributed by atoms with Crippen molar-refractivity contribution >= 4 is 29.9 Å².